The van der Waals surface area contributed by atoms with Crippen molar-refractivity contribution in [1.29, 1.82) is 0 Å². The molecule has 1 aromatic rings. The molecule has 0 amide bonds. The molecule has 0 atom stereocenters. The highest BCUT2D eigenvalue weighted by Crippen LogP contribution is 2.68. The minimum atomic E-state index is 0.394. The van der Waals surface area contributed by atoms with Gasteiger partial charge in [0.1, 0.15) is 5.75 Å². The van der Waals surface area contributed by atoms with E-state index in [2.05, 4.69) is 39.9 Å². The molecule has 1 fully saturated rings. The highest BCUT2D eigenvalue weighted by molar-refractivity contribution is 5.73. The first kappa shape index (κ1) is 15.0. The molecule has 1 aromatic carbocycles. The normalized spacial score (nSPS) is 19.6. The second-order valence-electron chi connectivity index (χ2n) is 6.94. The van der Waals surface area contributed by atoms with E-state index in [-0.39, 0.29) is 0 Å². The largest absolute Gasteiger partial charge is 0.491 e. The van der Waals surface area contributed by atoms with Crippen molar-refractivity contribution < 1.29 is 4.74 Å². The van der Waals surface area contributed by atoms with Gasteiger partial charge in [0, 0.05) is 6.54 Å². The summed E-state index contributed by atoms with van der Waals surface area (Å²) in [4.78, 5) is 0. The van der Waals surface area contributed by atoms with E-state index in [0.717, 1.165) is 30.1 Å². The van der Waals surface area contributed by atoms with Crippen molar-refractivity contribution in [2.75, 3.05) is 24.2 Å². The minimum absolute atomic E-state index is 0.394. The predicted octanol–water partition coefficient (Wildman–Crippen LogP) is 4.15. The molecule has 3 heteroatoms. The summed E-state index contributed by atoms with van der Waals surface area (Å²) in [5.41, 5.74) is 8.67. The zero-order chi connectivity index (χ0) is 15.0. The fourth-order valence-electron chi connectivity index (χ4n) is 3.09. The summed E-state index contributed by atoms with van der Waals surface area (Å²) in [6.45, 7) is 13.1. The lowest BCUT2D eigenvalue weighted by Gasteiger charge is -2.14. The lowest BCUT2D eigenvalue weighted by atomic mass is 10.0. The average molecular weight is 276 g/mol. The van der Waals surface area contributed by atoms with Crippen molar-refractivity contribution in [1.82, 2.24) is 0 Å². The van der Waals surface area contributed by atoms with Gasteiger partial charge >= 0.3 is 0 Å². The first-order valence-electron chi connectivity index (χ1n) is 7.57. The van der Waals surface area contributed by atoms with Gasteiger partial charge in [-0.3, -0.25) is 0 Å². The topological polar surface area (TPSA) is 47.3 Å². The van der Waals surface area contributed by atoms with Crippen LogP contribution in [0.1, 0.15) is 41.0 Å². The summed E-state index contributed by atoms with van der Waals surface area (Å²) < 4.78 is 5.67. The number of anilines is 2. The van der Waals surface area contributed by atoms with Gasteiger partial charge < -0.3 is 15.8 Å². The second-order valence-corrected chi connectivity index (χ2v) is 6.94. The van der Waals surface area contributed by atoms with Crippen LogP contribution in [0.5, 0.6) is 5.75 Å². The molecule has 0 radical (unpaired) electrons. The average Bonchev–Trinajstić information content (AvgIpc) is 2.77. The Bertz CT molecular complexity index is 466. The van der Waals surface area contributed by atoms with Crippen LogP contribution in [0, 0.1) is 16.7 Å². The van der Waals surface area contributed by atoms with E-state index in [1.807, 2.05) is 18.2 Å². The van der Waals surface area contributed by atoms with Gasteiger partial charge in [0.05, 0.1) is 18.0 Å². The number of para-hydroxylation sites is 1. The van der Waals surface area contributed by atoms with E-state index in [9.17, 15) is 0 Å². The zero-order valence-corrected chi connectivity index (χ0v) is 13.4. The summed E-state index contributed by atoms with van der Waals surface area (Å²) in [5.74, 6) is 1.46. The quantitative estimate of drug-likeness (QED) is 0.767. The maximum absolute atomic E-state index is 6.18. The number of ether oxygens (including phenoxy) is 1. The number of hydrogen-bond acceptors (Lipinski definition) is 3. The molecule has 112 valence electrons. The molecule has 20 heavy (non-hydrogen) atoms. The third-order valence-corrected chi connectivity index (χ3v) is 5.34. The number of hydrogen-bond donors (Lipinski definition) is 2. The van der Waals surface area contributed by atoms with E-state index in [1.54, 1.807) is 0 Å². The van der Waals surface area contributed by atoms with Crippen LogP contribution in [0.2, 0.25) is 0 Å². The molecule has 0 saturated heterocycles. The van der Waals surface area contributed by atoms with E-state index >= 15 is 0 Å². The van der Waals surface area contributed by atoms with Crippen LogP contribution in [0.3, 0.4) is 0 Å². The maximum atomic E-state index is 6.18. The van der Waals surface area contributed by atoms with Gasteiger partial charge in [0.15, 0.2) is 0 Å². The Balaban J connectivity index is 2.01. The van der Waals surface area contributed by atoms with E-state index in [1.165, 1.54) is 0 Å². The third-order valence-electron chi connectivity index (χ3n) is 5.34. The Kier molecular flexibility index (Phi) is 3.90. The first-order valence-corrected chi connectivity index (χ1v) is 7.57. The molecule has 2 rings (SSSR count). The van der Waals surface area contributed by atoms with Crippen molar-refractivity contribution in [3.63, 3.8) is 0 Å². The van der Waals surface area contributed by atoms with Crippen LogP contribution in [0.25, 0.3) is 0 Å². The Hall–Kier alpha value is -1.38. The smallest absolute Gasteiger partial charge is 0.144 e. The Morgan fingerprint density at radius 3 is 2.40 bits per heavy atom. The standard InChI is InChI=1S/C17H28N2O/c1-6-10-20-13-9-7-8-12(15(13)18)19-11-14-16(2,3)17(14,4)5/h7-9,14,19H,6,10-11,18H2,1-5H3. The van der Waals surface area contributed by atoms with Gasteiger partial charge in [-0.2, -0.15) is 0 Å². The van der Waals surface area contributed by atoms with E-state index < -0.39 is 0 Å². The molecule has 0 spiro atoms. The Morgan fingerprint density at radius 1 is 1.20 bits per heavy atom. The zero-order valence-electron chi connectivity index (χ0n) is 13.4. The number of benzene rings is 1. The molecule has 1 aliphatic carbocycles. The molecular formula is C17H28N2O. The van der Waals surface area contributed by atoms with Crippen LogP contribution in [-0.4, -0.2) is 13.2 Å². The molecule has 0 unspecified atom stereocenters. The molecule has 3 nitrogen and oxygen atoms in total. The summed E-state index contributed by atoms with van der Waals surface area (Å²) in [6, 6.07) is 5.95. The lowest BCUT2D eigenvalue weighted by Crippen LogP contribution is -2.10. The third kappa shape index (κ3) is 2.46. The first-order chi connectivity index (χ1) is 9.32. The summed E-state index contributed by atoms with van der Waals surface area (Å²) in [7, 11) is 0. The monoisotopic (exact) mass is 276 g/mol. The van der Waals surface area contributed by atoms with Crippen molar-refractivity contribution in [3.8, 4) is 5.75 Å². The van der Waals surface area contributed by atoms with Crippen molar-refractivity contribution in [3.05, 3.63) is 18.2 Å². The van der Waals surface area contributed by atoms with Gasteiger partial charge in [-0.05, 0) is 35.3 Å². The summed E-state index contributed by atoms with van der Waals surface area (Å²) in [6.07, 6.45) is 0.988. The summed E-state index contributed by atoms with van der Waals surface area (Å²) >= 11 is 0. The van der Waals surface area contributed by atoms with Crippen LogP contribution in [0.4, 0.5) is 11.4 Å². The van der Waals surface area contributed by atoms with Gasteiger partial charge in [-0.1, -0.05) is 40.7 Å². The van der Waals surface area contributed by atoms with Crippen LogP contribution in [-0.2, 0) is 0 Å². The number of nitrogen functional groups attached to an aromatic ring is 1. The maximum Gasteiger partial charge on any atom is 0.144 e. The number of nitrogens with two attached hydrogens (primary N) is 1. The fourth-order valence-corrected chi connectivity index (χ4v) is 3.09. The van der Waals surface area contributed by atoms with Crippen molar-refractivity contribution in [2.24, 2.45) is 16.7 Å². The SMILES string of the molecule is CCCOc1cccc(NCC2C(C)(C)C2(C)C)c1N. The molecule has 0 heterocycles. The highest BCUT2D eigenvalue weighted by atomic mass is 16.5. The summed E-state index contributed by atoms with van der Waals surface area (Å²) in [5, 5.41) is 3.50. The predicted molar refractivity (Wildman–Crippen MR) is 86.2 cm³/mol. The molecule has 1 saturated carbocycles. The van der Waals surface area contributed by atoms with Crippen LogP contribution >= 0.6 is 0 Å². The molecule has 0 bridgehead atoms. The Labute approximate surface area is 122 Å². The van der Waals surface area contributed by atoms with Gasteiger partial charge in [-0.15, -0.1) is 0 Å². The molecule has 1 aliphatic rings. The van der Waals surface area contributed by atoms with Crippen LogP contribution in [0.15, 0.2) is 18.2 Å². The highest BCUT2D eigenvalue weighted by Gasteiger charge is 2.64. The molecule has 0 aromatic heterocycles. The molecular weight excluding hydrogens is 248 g/mol. The second kappa shape index (κ2) is 5.19. The van der Waals surface area contributed by atoms with Crippen molar-refractivity contribution in [2.45, 2.75) is 41.0 Å². The minimum Gasteiger partial charge on any atom is -0.491 e. The Morgan fingerprint density at radius 2 is 1.85 bits per heavy atom. The van der Waals surface area contributed by atoms with Gasteiger partial charge in [-0.25, -0.2) is 0 Å². The fraction of sp³-hybridized carbons (Fsp3) is 0.647. The van der Waals surface area contributed by atoms with E-state index in [0.29, 0.717) is 23.4 Å². The van der Waals surface area contributed by atoms with Gasteiger partial charge in [0.2, 0.25) is 0 Å². The van der Waals surface area contributed by atoms with Crippen molar-refractivity contribution >= 4 is 11.4 Å². The number of rotatable bonds is 6. The number of nitrogens with one attached hydrogen (secondary N) is 1. The lowest BCUT2D eigenvalue weighted by molar-refractivity contribution is 0.319. The van der Waals surface area contributed by atoms with E-state index in [4.69, 9.17) is 10.5 Å². The van der Waals surface area contributed by atoms with Crippen LogP contribution < -0.4 is 15.8 Å². The molecule has 3 N–H and O–H groups in total. The van der Waals surface area contributed by atoms with Gasteiger partial charge in [0.25, 0.3) is 0 Å². The molecule has 0 aliphatic heterocycles.